The number of hydrogen-bond donors (Lipinski definition) is 1. The van der Waals surface area contributed by atoms with Gasteiger partial charge in [-0.1, -0.05) is 19.3 Å². The maximum absolute atomic E-state index is 12.4. The fourth-order valence-corrected chi connectivity index (χ4v) is 5.12. The smallest absolute Gasteiger partial charge is 0.199 e. The molecule has 2 rings (SSSR count). The fourth-order valence-electron chi connectivity index (χ4n) is 3.19. The first-order valence-electron chi connectivity index (χ1n) is 6.81. The lowest BCUT2D eigenvalue weighted by molar-refractivity contribution is 0.200. The minimum absolute atomic E-state index is 0.137. The van der Waals surface area contributed by atoms with Gasteiger partial charge in [-0.3, -0.25) is 0 Å². The Bertz CT molecular complexity index is 340. The number of hydrogen-bond acceptors (Lipinski definition) is 2. The van der Waals surface area contributed by atoms with Crippen LogP contribution in [0.25, 0.3) is 0 Å². The van der Waals surface area contributed by atoms with Crippen LogP contribution in [0, 0.1) is 0 Å². The third-order valence-electron chi connectivity index (χ3n) is 4.06. The lowest BCUT2D eigenvalue weighted by Gasteiger charge is -2.38. The molecule has 0 aromatic heterocycles. The molecule has 1 saturated heterocycles. The third-order valence-corrected chi connectivity index (χ3v) is 5.97. The molecule has 1 N–H and O–H groups in total. The Morgan fingerprint density at radius 1 is 0.941 bits per heavy atom. The van der Waals surface area contributed by atoms with E-state index in [1.165, 1.54) is 0 Å². The van der Waals surface area contributed by atoms with E-state index in [4.69, 9.17) is 0 Å². The molecule has 100 valence electrons. The number of piperidine rings is 1. The van der Waals surface area contributed by atoms with Gasteiger partial charge in [-0.15, -0.1) is 0 Å². The Morgan fingerprint density at radius 3 is 2.00 bits per heavy atom. The summed E-state index contributed by atoms with van der Waals surface area (Å²) in [5, 5.41) is 0. The SMILES string of the molecule is CC1CCCC(C)N1S(=O)(=O)NC1CCCC1. The van der Waals surface area contributed by atoms with E-state index in [0.717, 1.165) is 44.9 Å². The zero-order chi connectivity index (χ0) is 12.5. The highest BCUT2D eigenvalue weighted by atomic mass is 32.2. The van der Waals surface area contributed by atoms with Crippen molar-refractivity contribution < 1.29 is 8.42 Å². The van der Waals surface area contributed by atoms with Crippen LogP contribution in [0.4, 0.5) is 0 Å². The molecule has 17 heavy (non-hydrogen) atoms. The van der Waals surface area contributed by atoms with Crippen molar-refractivity contribution in [2.75, 3.05) is 0 Å². The summed E-state index contributed by atoms with van der Waals surface area (Å²) in [5.74, 6) is 0. The van der Waals surface area contributed by atoms with Gasteiger partial charge in [0.25, 0.3) is 10.2 Å². The van der Waals surface area contributed by atoms with Gasteiger partial charge in [0.1, 0.15) is 0 Å². The monoisotopic (exact) mass is 260 g/mol. The minimum Gasteiger partial charge on any atom is -0.199 e. The van der Waals surface area contributed by atoms with Crippen molar-refractivity contribution in [2.24, 2.45) is 0 Å². The van der Waals surface area contributed by atoms with Crippen LogP contribution in [0.1, 0.15) is 58.8 Å². The first kappa shape index (κ1) is 13.3. The van der Waals surface area contributed by atoms with Crippen molar-refractivity contribution in [2.45, 2.75) is 76.9 Å². The first-order chi connectivity index (χ1) is 8.00. The van der Waals surface area contributed by atoms with E-state index < -0.39 is 10.2 Å². The van der Waals surface area contributed by atoms with Crippen LogP contribution in [0.3, 0.4) is 0 Å². The summed E-state index contributed by atoms with van der Waals surface area (Å²) in [5.41, 5.74) is 0. The van der Waals surface area contributed by atoms with Crippen molar-refractivity contribution in [3.05, 3.63) is 0 Å². The average molecular weight is 260 g/mol. The van der Waals surface area contributed by atoms with Crippen LogP contribution in [0.2, 0.25) is 0 Å². The summed E-state index contributed by atoms with van der Waals surface area (Å²) in [6.45, 7) is 4.03. The van der Waals surface area contributed by atoms with E-state index in [-0.39, 0.29) is 18.1 Å². The molecule has 0 amide bonds. The third kappa shape index (κ3) is 3.01. The lowest BCUT2D eigenvalue weighted by atomic mass is 10.0. The molecular weight excluding hydrogens is 236 g/mol. The molecule has 2 aliphatic rings. The molecule has 1 saturated carbocycles. The second kappa shape index (κ2) is 5.24. The van der Waals surface area contributed by atoms with Gasteiger partial charge in [-0.05, 0) is 39.5 Å². The number of nitrogens with one attached hydrogen (secondary N) is 1. The van der Waals surface area contributed by atoms with Crippen LogP contribution in [-0.4, -0.2) is 30.8 Å². The second-order valence-electron chi connectivity index (χ2n) is 5.56. The van der Waals surface area contributed by atoms with Gasteiger partial charge in [0.2, 0.25) is 0 Å². The predicted octanol–water partition coefficient (Wildman–Crippen LogP) is 2.03. The summed E-state index contributed by atoms with van der Waals surface area (Å²) < 4.78 is 29.3. The maximum atomic E-state index is 12.4. The Kier molecular flexibility index (Phi) is 4.10. The quantitative estimate of drug-likeness (QED) is 0.844. The van der Waals surface area contributed by atoms with Gasteiger partial charge in [0, 0.05) is 18.1 Å². The maximum Gasteiger partial charge on any atom is 0.280 e. The number of rotatable bonds is 3. The first-order valence-corrected chi connectivity index (χ1v) is 8.25. The summed E-state index contributed by atoms with van der Waals surface area (Å²) in [6, 6.07) is 0.441. The molecule has 1 heterocycles. The zero-order valence-electron chi connectivity index (χ0n) is 10.9. The van der Waals surface area contributed by atoms with Crippen LogP contribution in [0.15, 0.2) is 0 Å². The fraction of sp³-hybridized carbons (Fsp3) is 1.00. The highest BCUT2D eigenvalue weighted by Gasteiger charge is 2.36. The van der Waals surface area contributed by atoms with Crippen molar-refractivity contribution in [1.29, 1.82) is 0 Å². The summed E-state index contributed by atoms with van der Waals surface area (Å²) in [4.78, 5) is 0. The van der Waals surface area contributed by atoms with E-state index >= 15 is 0 Å². The van der Waals surface area contributed by atoms with Gasteiger partial charge in [0.05, 0.1) is 0 Å². The van der Waals surface area contributed by atoms with E-state index in [1.807, 2.05) is 13.8 Å². The minimum atomic E-state index is -3.28. The van der Waals surface area contributed by atoms with Gasteiger partial charge in [-0.2, -0.15) is 17.4 Å². The largest absolute Gasteiger partial charge is 0.280 e. The van der Waals surface area contributed by atoms with Crippen molar-refractivity contribution in [3.8, 4) is 0 Å². The molecule has 2 atom stereocenters. The van der Waals surface area contributed by atoms with E-state index in [0.29, 0.717) is 0 Å². The highest BCUT2D eigenvalue weighted by molar-refractivity contribution is 7.87. The summed E-state index contributed by atoms with van der Waals surface area (Å²) >= 11 is 0. The number of nitrogens with zero attached hydrogens (tertiary/aromatic N) is 1. The molecule has 5 heteroatoms. The van der Waals surface area contributed by atoms with Gasteiger partial charge >= 0.3 is 0 Å². The molecule has 0 bridgehead atoms. The molecule has 1 aliphatic heterocycles. The molecule has 2 unspecified atom stereocenters. The molecule has 4 nitrogen and oxygen atoms in total. The van der Waals surface area contributed by atoms with E-state index in [2.05, 4.69) is 4.72 Å². The summed E-state index contributed by atoms with van der Waals surface area (Å²) in [7, 11) is -3.28. The zero-order valence-corrected chi connectivity index (χ0v) is 11.7. The van der Waals surface area contributed by atoms with E-state index in [1.54, 1.807) is 4.31 Å². The van der Waals surface area contributed by atoms with Crippen LogP contribution >= 0.6 is 0 Å². The molecule has 2 fully saturated rings. The Morgan fingerprint density at radius 2 is 1.47 bits per heavy atom. The van der Waals surface area contributed by atoms with Crippen LogP contribution in [0.5, 0.6) is 0 Å². The normalized spacial score (nSPS) is 33.1. The molecule has 0 radical (unpaired) electrons. The lowest BCUT2D eigenvalue weighted by Crippen LogP contribution is -2.53. The molecule has 1 aliphatic carbocycles. The van der Waals surface area contributed by atoms with Crippen LogP contribution in [-0.2, 0) is 10.2 Å². The van der Waals surface area contributed by atoms with Crippen LogP contribution < -0.4 is 4.72 Å². The van der Waals surface area contributed by atoms with E-state index in [9.17, 15) is 8.42 Å². The second-order valence-corrected chi connectivity index (χ2v) is 7.17. The standard InChI is InChI=1S/C12H24N2O2S/c1-10-6-5-7-11(2)14(10)17(15,16)13-12-8-3-4-9-12/h10-13H,3-9H2,1-2H3. The summed E-state index contributed by atoms with van der Waals surface area (Å²) in [6.07, 6.45) is 7.39. The molecule has 0 spiro atoms. The van der Waals surface area contributed by atoms with Crippen molar-refractivity contribution in [1.82, 2.24) is 9.03 Å². The molecular formula is C12H24N2O2S. The Balaban J connectivity index is 2.06. The Labute approximate surface area is 105 Å². The predicted molar refractivity (Wildman–Crippen MR) is 68.9 cm³/mol. The van der Waals surface area contributed by atoms with Crippen molar-refractivity contribution in [3.63, 3.8) is 0 Å². The van der Waals surface area contributed by atoms with Gasteiger partial charge in [0.15, 0.2) is 0 Å². The van der Waals surface area contributed by atoms with Crippen molar-refractivity contribution >= 4 is 10.2 Å². The average Bonchev–Trinajstić information content (AvgIpc) is 2.68. The van der Waals surface area contributed by atoms with Gasteiger partial charge in [-0.25, -0.2) is 0 Å². The Hall–Kier alpha value is -0.130. The highest BCUT2D eigenvalue weighted by Crippen LogP contribution is 2.26. The van der Waals surface area contributed by atoms with Gasteiger partial charge < -0.3 is 0 Å². The molecule has 0 aromatic rings. The topological polar surface area (TPSA) is 49.4 Å². The molecule has 0 aromatic carbocycles.